The first-order valence-electron chi connectivity index (χ1n) is 13.1. The highest BCUT2D eigenvalue weighted by Gasteiger charge is 2.23. The maximum Gasteiger partial charge on any atom is 0.262 e. The van der Waals surface area contributed by atoms with Crippen molar-refractivity contribution in [3.63, 3.8) is 0 Å². The highest BCUT2D eigenvalue weighted by atomic mass is 32.2. The fourth-order valence-electron chi connectivity index (χ4n) is 5.23. The van der Waals surface area contributed by atoms with Gasteiger partial charge in [0.2, 0.25) is 6.79 Å². The molecule has 1 atom stereocenters. The van der Waals surface area contributed by atoms with Gasteiger partial charge < -0.3 is 19.5 Å². The van der Waals surface area contributed by atoms with Crippen LogP contribution in [-0.4, -0.2) is 52.5 Å². The van der Waals surface area contributed by atoms with Crippen molar-refractivity contribution in [3.05, 3.63) is 57.9 Å². The number of benzene rings is 2. The predicted octanol–water partition coefficient (Wildman–Crippen LogP) is 3.95. The summed E-state index contributed by atoms with van der Waals surface area (Å²) >= 11 is 1.21. The third kappa shape index (κ3) is 5.15. The van der Waals surface area contributed by atoms with Gasteiger partial charge in [-0.1, -0.05) is 24.6 Å². The number of thioether (sulfide) groups is 1. The molecule has 6 rings (SSSR count). The predicted molar refractivity (Wildman–Crippen MR) is 142 cm³/mol. The molecule has 3 aromatic rings. The Labute approximate surface area is 223 Å². The van der Waals surface area contributed by atoms with Crippen molar-refractivity contribution in [2.75, 3.05) is 19.2 Å². The van der Waals surface area contributed by atoms with Gasteiger partial charge in [-0.15, -0.1) is 0 Å². The molecule has 1 aliphatic carbocycles. The van der Waals surface area contributed by atoms with E-state index in [0.29, 0.717) is 51.8 Å². The Kier molecular flexibility index (Phi) is 7.08. The Morgan fingerprint density at radius 1 is 1.00 bits per heavy atom. The molecule has 3 aliphatic rings. The summed E-state index contributed by atoms with van der Waals surface area (Å²) in [5.41, 5.74) is 1.21. The topological polar surface area (TPSA) is 109 Å². The molecule has 1 saturated heterocycles. The fraction of sp³-hybridized carbons (Fsp3) is 0.429. The van der Waals surface area contributed by atoms with Gasteiger partial charge in [0.05, 0.1) is 29.3 Å². The summed E-state index contributed by atoms with van der Waals surface area (Å²) in [6.07, 6.45) is 5.97. The summed E-state index contributed by atoms with van der Waals surface area (Å²) in [5, 5.41) is 3.96. The van der Waals surface area contributed by atoms with Crippen LogP contribution in [0.4, 0.5) is 0 Å². The van der Waals surface area contributed by atoms with E-state index in [2.05, 4.69) is 5.32 Å². The minimum Gasteiger partial charge on any atom is -0.454 e. The number of aromatic nitrogens is 2. The lowest BCUT2D eigenvalue weighted by Gasteiger charge is -2.17. The van der Waals surface area contributed by atoms with Crippen LogP contribution >= 0.6 is 11.8 Å². The minimum absolute atomic E-state index is 0.0766. The lowest BCUT2D eigenvalue weighted by molar-refractivity contribution is 0.0935. The van der Waals surface area contributed by atoms with Crippen LogP contribution in [-0.2, 0) is 11.3 Å². The van der Waals surface area contributed by atoms with Crippen LogP contribution < -0.4 is 20.3 Å². The van der Waals surface area contributed by atoms with E-state index >= 15 is 0 Å². The zero-order chi connectivity index (χ0) is 26.1. The zero-order valence-corrected chi connectivity index (χ0v) is 21.8. The van der Waals surface area contributed by atoms with Crippen molar-refractivity contribution >= 4 is 34.4 Å². The molecule has 3 heterocycles. The van der Waals surface area contributed by atoms with E-state index in [1.807, 2.05) is 0 Å². The fourth-order valence-corrected chi connectivity index (χ4v) is 6.13. The van der Waals surface area contributed by atoms with Crippen LogP contribution in [0.15, 0.2) is 46.3 Å². The van der Waals surface area contributed by atoms with E-state index in [4.69, 9.17) is 19.2 Å². The van der Waals surface area contributed by atoms with Gasteiger partial charge in [0.25, 0.3) is 11.5 Å². The maximum absolute atomic E-state index is 13.6. The lowest BCUT2D eigenvalue weighted by Crippen LogP contribution is -2.32. The summed E-state index contributed by atoms with van der Waals surface area (Å²) in [6.45, 7) is 1.18. The molecular formula is C28H29N3O6S. The molecule has 0 radical (unpaired) electrons. The van der Waals surface area contributed by atoms with Gasteiger partial charge in [-0.3, -0.25) is 19.0 Å². The molecule has 1 amide bonds. The Morgan fingerprint density at radius 3 is 2.63 bits per heavy atom. The van der Waals surface area contributed by atoms with Crippen LogP contribution in [0.25, 0.3) is 10.9 Å². The second kappa shape index (κ2) is 10.8. The van der Waals surface area contributed by atoms with Crippen LogP contribution in [0.3, 0.4) is 0 Å². The lowest BCUT2D eigenvalue weighted by atomic mass is 10.1. The van der Waals surface area contributed by atoms with E-state index in [-0.39, 0.29) is 41.9 Å². The Morgan fingerprint density at radius 2 is 1.82 bits per heavy atom. The number of hydrogen-bond acceptors (Lipinski definition) is 8. The molecule has 10 heteroatoms. The maximum atomic E-state index is 13.6. The molecule has 9 nitrogen and oxygen atoms in total. The van der Waals surface area contributed by atoms with Gasteiger partial charge in [-0.25, -0.2) is 4.98 Å². The van der Waals surface area contributed by atoms with E-state index in [1.54, 1.807) is 41.0 Å². The van der Waals surface area contributed by atoms with Gasteiger partial charge in [0.1, 0.15) is 0 Å². The smallest absolute Gasteiger partial charge is 0.262 e. The molecule has 2 aromatic carbocycles. The van der Waals surface area contributed by atoms with Gasteiger partial charge >= 0.3 is 0 Å². The number of ether oxygens (including phenoxy) is 3. The number of hydrogen-bond donors (Lipinski definition) is 1. The number of nitrogens with zero attached hydrogens (tertiary/aromatic N) is 2. The van der Waals surface area contributed by atoms with Gasteiger partial charge in [-0.05, 0) is 62.1 Å². The Hall–Kier alpha value is -3.37. The van der Waals surface area contributed by atoms with E-state index in [9.17, 15) is 14.4 Å². The second-order valence-corrected chi connectivity index (χ2v) is 10.9. The summed E-state index contributed by atoms with van der Waals surface area (Å²) in [5.74, 6) is 0.976. The molecule has 1 saturated carbocycles. The quantitative estimate of drug-likeness (QED) is 0.262. The van der Waals surface area contributed by atoms with Crippen molar-refractivity contribution in [1.29, 1.82) is 0 Å². The number of ketones is 1. The Balaban J connectivity index is 1.28. The standard InChI is InChI=1S/C28H29N3O6S/c32-23(17-8-10-24-25(13-17)37-16-36-24)15-38-28-30-22-12-18(26(33)29-19-4-1-2-5-19)7-9-21(22)27(34)31(28)14-20-6-3-11-35-20/h7-10,12-13,19-20H,1-6,11,14-16H2,(H,29,33)/t20-/m0/s1. The first-order valence-corrected chi connectivity index (χ1v) is 14.1. The monoisotopic (exact) mass is 535 g/mol. The number of nitrogens with one attached hydrogen (secondary N) is 1. The molecule has 0 unspecified atom stereocenters. The molecule has 0 spiro atoms. The normalized spacial score (nSPS) is 18.8. The number of carbonyl (C=O) groups is 2. The average Bonchev–Trinajstić information content (AvgIpc) is 3.71. The van der Waals surface area contributed by atoms with Crippen molar-refractivity contribution < 1.29 is 23.8 Å². The van der Waals surface area contributed by atoms with Crippen LogP contribution in [0.1, 0.15) is 59.2 Å². The Bertz CT molecular complexity index is 1440. The summed E-state index contributed by atoms with van der Waals surface area (Å²) < 4.78 is 18.1. The van der Waals surface area contributed by atoms with E-state index < -0.39 is 0 Å². The number of Topliss-reactive ketones (excluding diaryl/α,β-unsaturated/α-hetero) is 1. The molecule has 1 N–H and O–H groups in total. The van der Waals surface area contributed by atoms with Crippen LogP contribution in [0.2, 0.25) is 0 Å². The summed E-state index contributed by atoms with van der Waals surface area (Å²) in [7, 11) is 0. The third-order valence-corrected chi connectivity index (χ3v) is 8.29. The SMILES string of the molecule is O=C(CSc1nc2cc(C(=O)NC3CCCC3)ccc2c(=O)n1C[C@@H]1CCCO1)c1ccc2c(c1)OCO2. The minimum atomic E-state index is -0.203. The van der Waals surface area contributed by atoms with Gasteiger partial charge in [0.15, 0.2) is 22.4 Å². The number of rotatable bonds is 8. The molecule has 0 bridgehead atoms. The molecule has 2 aliphatic heterocycles. The van der Waals surface area contributed by atoms with Crippen molar-refractivity contribution in [2.45, 2.75) is 62.4 Å². The summed E-state index contributed by atoms with van der Waals surface area (Å²) in [6, 6.07) is 10.3. The number of amides is 1. The number of carbonyl (C=O) groups excluding carboxylic acids is 2. The van der Waals surface area contributed by atoms with E-state index in [1.165, 1.54) is 11.8 Å². The van der Waals surface area contributed by atoms with Crippen molar-refractivity contribution in [2.24, 2.45) is 0 Å². The van der Waals surface area contributed by atoms with Gasteiger partial charge in [-0.2, -0.15) is 0 Å². The molecule has 1 aromatic heterocycles. The van der Waals surface area contributed by atoms with Crippen LogP contribution in [0, 0.1) is 0 Å². The average molecular weight is 536 g/mol. The zero-order valence-electron chi connectivity index (χ0n) is 20.9. The summed E-state index contributed by atoms with van der Waals surface area (Å²) in [4.78, 5) is 44.2. The van der Waals surface area contributed by atoms with Crippen LogP contribution in [0.5, 0.6) is 11.5 Å². The first-order chi connectivity index (χ1) is 18.5. The molecule has 198 valence electrons. The molecule has 38 heavy (non-hydrogen) atoms. The second-order valence-electron chi connectivity index (χ2n) is 9.91. The molecule has 2 fully saturated rings. The van der Waals surface area contributed by atoms with E-state index in [0.717, 1.165) is 38.5 Å². The highest BCUT2D eigenvalue weighted by molar-refractivity contribution is 7.99. The number of fused-ring (bicyclic) bond motifs is 2. The van der Waals surface area contributed by atoms with Crippen molar-refractivity contribution in [3.8, 4) is 11.5 Å². The highest BCUT2D eigenvalue weighted by Crippen LogP contribution is 2.33. The first kappa shape index (κ1) is 24.9. The van der Waals surface area contributed by atoms with Crippen molar-refractivity contribution in [1.82, 2.24) is 14.9 Å². The third-order valence-electron chi connectivity index (χ3n) is 7.31. The van der Waals surface area contributed by atoms with Gasteiger partial charge in [0, 0.05) is 23.8 Å². The largest absolute Gasteiger partial charge is 0.454 e. The molecular weight excluding hydrogens is 506 g/mol.